The second kappa shape index (κ2) is 4.41. The van der Waals surface area contributed by atoms with Crippen LogP contribution in [-0.2, 0) is 0 Å². The predicted octanol–water partition coefficient (Wildman–Crippen LogP) is 3.04. The summed E-state index contributed by atoms with van der Waals surface area (Å²) in [5, 5.41) is 9.01. The summed E-state index contributed by atoms with van der Waals surface area (Å²) in [5.74, 6) is 0. The largest absolute Gasteiger partial charge is 0.298 e. The molecule has 76 valence electrons. The molecule has 0 radical (unpaired) electrons. The van der Waals surface area contributed by atoms with Crippen LogP contribution in [0.15, 0.2) is 48.5 Å². The minimum atomic E-state index is 0.580. The molecule has 0 unspecified atom stereocenters. The Hall–Kier alpha value is -2.40. The van der Waals surface area contributed by atoms with E-state index in [2.05, 4.69) is 6.07 Å². The van der Waals surface area contributed by atoms with Gasteiger partial charge in [-0.25, -0.2) is 0 Å². The van der Waals surface area contributed by atoms with Crippen molar-refractivity contribution in [1.29, 1.82) is 5.26 Å². The number of hydrogen-bond acceptors (Lipinski definition) is 2. The van der Waals surface area contributed by atoms with Crippen LogP contribution in [0.25, 0.3) is 11.1 Å². The highest BCUT2D eigenvalue weighted by molar-refractivity contribution is 5.89. The maximum Gasteiger partial charge on any atom is 0.150 e. The molecular formula is C14H9NO. The van der Waals surface area contributed by atoms with Crippen LogP contribution in [0.3, 0.4) is 0 Å². The minimum Gasteiger partial charge on any atom is -0.298 e. The van der Waals surface area contributed by atoms with Crippen molar-refractivity contribution in [2.75, 3.05) is 0 Å². The Morgan fingerprint density at radius 2 is 1.56 bits per heavy atom. The number of hydrogen-bond donors (Lipinski definition) is 0. The van der Waals surface area contributed by atoms with Crippen molar-refractivity contribution in [3.8, 4) is 17.2 Å². The zero-order valence-electron chi connectivity index (χ0n) is 8.55. The number of aldehydes is 1. The summed E-state index contributed by atoms with van der Waals surface area (Å²) in [6, 6.07) is 16.7. The molecule has 0 fully saturated rings. The van der Waals surface area contributed by atoms with Gasteiger partial charge < -0.3 is 0 Å². The summed E-state index contributed by atoms with van der Waals surface area (Å²) in [4.78, 5) is 10.9. The quantitative estimate of drug-likeness (QED) is 0.710. The molecular weight excluding hydrogens is 198 g/mol. The van der Waals surface area contributed by atoms with E-state index >= 15 is 0 Å². The van der Waals surface area contributed by atoms with E-state index in [1.54, 1.807) is 12.1 Å². The fourth-order valence-corrected chi connectivity index (χ4v) is 1.66. The molecule has 0 aliphatic rings. The molecule has 2 aromatic carbocycles. The Kier molecular flexibility index (Phi) is 2.79. The SMILES string of the molecule is N#Cc1ccccc1-c1ccccc1C=O. The highest BCUT2D eigenvalue weighted by Gasteiger charge is 2.07. The van der Waals surface area contributed by atoms with E-state index in [0.717, 1.165) is 17.4 Å². The van der Waals surface area contributed by atoms with Gasteiger partial charge in [0.2, 0.25) is 0 Å². The van der Waals surface area contributed by atoms with Crippen LogP contribution in [0.1, 0.15) is 15.9 Å². The molecule has 2 aromatic rings. The third kappa shape index (κ3) is 1.71. The number of nitrogens with zero attached hydrogens (tertiary/aromatic N) is 1. The maximum atomic E-state index is 10.9. The summed E-state index contributed by atoms with van der Waals surface area (Å²) < 4.78 is 0. The zero-order chi connectivity index (χ0) is 11.4. The molecule has 0 aliphatic heterocycles. The van der Waals surface area contributed by atoms with Crippen LogP contribution in [0, 0.1) is 11.3 Å². The Morgan fingerprint density at radius 1 is 0.938 bits per heavy atom. The summed E-state index contributed by atoms with van der Waals surface area (Å²) in [6.07, 6.45) is 0.809. The maximum absolute atomic E-state index is 10.9. The molecule has 0 aliphatic carbocycles. The van der Waals surface area contributed by atoms with E-state index in [1.165, 1.54) is 0 Å². The van der Waals surface area contributed by atoms with E-state index in [4.69, 9.17) is 5.26 Å². The fraction of sp³-hybridized carbons (Fsp3) is 0. The van der Waals surface area contributed by atoms with Crippen molar-refractivity contribution >= 4 is 6.29 Å². The molecule has 0 atom stereocenters. The minimum absolute atomic E-state index is 0.580. The number of benzene rings is 2. The van der Waals surface area contributed by atoms with Crippen LogP contribution in [-0.4, -0.2) is 6.29 Å². The van der Waals surface area contributed by atoms with Crippen LogP contribution in [0.5, 0.6) is 0 Å². The van der Waals surface area contributed by atoms with Crippen molar-refractivity contribution < 1.29 is 4.79 Å². The lowest BCUT2D eigenvalue weighted by atomic mass is 9.96. The van der Waals surface area contributed by atoms with Crippen LogP contribution >= 0.6 is 0 Å². The molecule has 2 rings (SSSR count). The molecule has 0 amide bonds. The van der Waals surface area contributed by atoms with Crippen molar-refractivity contribution in [3.05, 3.63) is 59.7 Å². The number of nitriles is 1. The fourth-order valence-electron chi connectivity index (χ4n) is 1.66. The van der Waals surface area contributed by atoms with Gasteiger partial charge in [0, 0.05) is 11.1 Å². The molecule has 0 saturated carbocycles. The van der Waals surface area contributed by atoms with Crippen molar-refractivity contribution in [3.63, 3.8) is 0 Å². The first kappa shape index (κ1) is 10.1. The monoisotopic (exact) mass is 207 g/mol. The number of rotatable bonds is 2. The first-order chi connectivity index (χ1) is 7.86. The lowest BCUT2D eigenvalue weighted by Crippen LogP contribution is -1.89. The molecule has 2 heteroatoms. The molecule has 0 bridgehead atoms. The number of carbonyl (C=O) groups excluding carboxylic acids is 1. The lowest BCUT2D eigenvalue weighted by Gasteiger charge is -2.06. The molecule has 0 spiro atoms. The topological polar surface area (TPSA) is 40.9 Å². The smallest absolute Gasteiger partial charge is 0.150 e. The summed E-state index contributed by atoms with van der Waals surface area (Å²) in [6.45, 7) is 0. The standard InChI is InChI=1S/C14H9NO/c15-9-11-5-1-3-7-13(11)14-8-4-2-6-12(14)10-16/h1-8,10H. The first-order valence-electron chi connectivity index (χ1n) is 4.90. The Balaban J connectivity index is 2.68. The van der Waals surface area contributed by atoms with Gasteiger partial charge in [0.1, 0.15) is 0 Å². The molecule has 16 heavy (non-hydrogen) atoms. The van der Waals surface area contributed by atoms with Gasteiger partial charge in [-0.05, 0) is 11.6 Å². The molecule has 2 nitrogen and oxygen atoms in total. The molecule has 0 heterocycles. The second-order valence-electron chi connectivity index (χ2n) is 3.36. The summed E-state index contributed by atoms with van der Waals surface area (Å²) in [5.41, 5.74) is 2.78. The molecule has 0 N–H and O–H groups in total. The molecule has 0 aromatic heterocycles. The van der Waals surface area contributed by atoms with Gasteiger partial charge >= 0.3 is 0 Å². The van der Waals surface area contributed by atoms with Gasteiger partial charge in [0.15, 0.2) is 6.29 Å². The van der Waals surface area contributed by atoms with Crippen molar-refractivity contribution in [2.45, 2.75) is 0 Å². The van der Waals surface area contributed by atoms with E-state index in [-0.39, 0.29) is 0 Å². The Labute approximate surface area is 93.8 Å². The van der Waals surface area contributed by atoms with E-state index in [0.29, 0.717) is 11.1 Å². The van der Waals surface area contributed by atoms with Gasteiger partial charge in [0.05, 0.1) is 11.6 Å². The Morgan fingerprint density at radius 3 is 2.25 bits per heavy atom. The normalized spacial score (nSPS) is 9.44. The van der Waals surface area contributed by atoms with Gasteiger partial charge in [0.25, 0.3) is 0 Å². The summed E-state index contributed by atoms with van der Waals surface area (Å²) in [7, 11) is 0. The third-order valence-electron chi connectivity index (χ3n) is 2.43. The van der Waals surface area contributed by atoms with Gasteiger partial charge in [-0.3, -0.25) is 4.79 Å². The average Bonchev–Trinajstić information content (AvgIpc) is 2.38. The van der Waals surface area contributed by atoms with Gasteiger partial charge in [-0.15, -0.1) is 0 Å². The summed E-state index contributed by atoms with van der Waals surface area (Å²) >= 11 is 0. The van der Waals surface area contributed by atoms with E-state index in [1.807, 2.05) is 36.4 Å². The van der Waals surface area contributed by atoms with Gasteiger partial charge in [-0.2, -0.15) is 5.26 Å². The van der Waals surface area contributed by atoms with E-state index < -0.39 is 0 Å². The van der Waals surface area contributed by atoms with Crippen LogP contribution < -0.4 is 0 Å². The first-order valence-corrected chi connectivity index (χ1v) is 4.90. The Bertz CT molecular complexity index is 567. The van der Waals surface area contributed by atoms with E-state index in [9.17, 15) is 4.79 Å². The predicted molar refractivity (Wildman–Crippen MR) is 62.0 cm³/mol. The highest BCUT2D eigenvalue weighted by Crippen LogP contribution is 2.25. The van der Waals surface area contributed by atoms with Gasteiger partial charge in [-0.1, -0.05) is 42.5 Å². The van der Waals surface area contributed by atoms with Crippen molar-refractivity contribution in [1.82, 2.24) is 0 Å². The van der Waals surface area contributed by atoms with Crippen LogP contribution in [0.2, 0.25) is 0 Å². The van der Waals surface area contributed by atoms with Crippen LogP contribution in [0.4, 0.5) is 0 Å². The number of carbonyl (C=O) groups is 1. The average molecular weight is 207 g/mol. The lowest BCUT2D eigenvalue weighted by molar-refractivity contribution is 0.112. The molecule has 0 saturated heterocycles. The second-order valence-corrected chi connectivity index (χ2v) is 3.36. The zero-order valence-corrected chi connectivity index (χ0v) is 8.55. The highest BCUT2D eigenvalue weighted by atomic mass is 16.1. The van der Waals surface area contributed by atoms with Crippen molar-refractivity contribution in [2.24, 2.45) is 0 Å². The third-order valence-corrected chi connectivity index (χ3v) is 2.43.